The number of rotatable bonds is 8. The van der Waals surface area contributed by atoms with Crippen molar-refractivity contribution in [1.82, 2.24) is 10.2 Å². The molecule has 1 aliphatic heterocycles. The molecule has 0 aromatic carbocycles. The Morgan fingerprint density at radius 1 is 1.24 bits per heavy atom. The van der Waals surface area contributed by atoms with E-state index in [-0.39, 0.29) is 0 Å². The molecule has 1 rings (SSSR count). The van der Waals surface area contributed by atoms with Gasteiger partial charge in [-0.15, -0.1) is 0 Å². The molecule has 0 spiro atoms. The Labute approximate surface area is 108 Å². The molecule has 2 unspecified atom stereocenters. The van der Waals surface area contributed by atoms with Gasteiger partial charge in [0.2, 0.25) is 0 Å². The second-order valence-corrected chi connectivity index (χ2v) is 5.87. The molecule has 0 amide bonds. The predicted octanol–water partition coefficient (Wildman–Crippen LogP) is 3.42. The first-order valence-corrected chi connectivity index (χ1v) is 7.67. The third-order valence-corrected chi connectivity index (χ3v) is 3.89. The van der Waals surface area contributed by atoms with Gasteiger partial charge in [0.15, 0.2) is 0 Å². The Kier molecular flexibility index (Phi) is 7.87. The number of hydrogen-bond acceptors (Lipinski definition) is 2. The minimum atomic E-state index is 0.702. The van der Waals surface area contributed by atoms with Crippen molar-refractivity contribution in [2.45, 2.75) is 77.3 Å². The summed E-state index contributed by atoms with van der Waals surface area (Å²) < 4.78 is 0. The van der Waals surface area contributed by atoms with E-state index in [1.807, 2.05) is 0 Å². The molecule has 0 aliphatic carbocycles. The monoisotopic (exact) mass is 240 g/mol. The van der Waals surface area contributed by atoms with Gasteiger partial charge in [0.05, 0.1) is 0 Å². The van der Waals surface area contributed by atoms with Crippen molar-refractivity contribution in [3.05, 3.63) is 0 Å². The van der Waals surface area contributed by atoms with E-state index in [9.17, 15) is 0 Å². The van der Waals surface area contributed by atoms with Gasteiger partial charge in [-0.25, -0.2) is 0 Å². The first-order valence-electron chi connectivity index (χ1n) is 7.67. The number of hydrogen-bond donors (Lipinski definition) is 1. The minimum Gasteiger partial charge on any atom is -0.310 e. The third-order valence-electron chi connectivity index (χ3n) is 3.89. The molecule has 0 aromatic rings. The Morgan fingerprint density at radius 3 is 2.71 bits per heavy atom. The zero-order chi connectivity index (χ0) is 12.5. The van der Waals surface area contributed by atoms with E-state index in [0.717, 1.165) is 6.04 Å². The molecular formula is C15H32N2. The van der Waals surface area contributed by atoms with Gasteiger partial charge in [0.25, 0.3) is 0 Å². The highest BCUT2D eigenvalue weighted by atomic mass is 15.1. The van der Waals surface area contributed by atoms with E-state index in [2.05, 4.69) is 31.1 Å². The van der Waals surface area contributed by atoms with Gasteiger partial charge in [-0.1, -0.05) is 39.0 Å². The van der Waals surface area contributed by atoms with Crippen molar-refractivity contribution in [3.63, 3.8) is 0 Å². The standard InChI is InChI=1S/C15H32N2/c1-4-5-6-7-8-10-14(2)16-15-11-9-12-17(3)13-15/h14-16H,4-13H2,1-3H3. The zero-order valence-corrected chi connectivity index (χ0v) is 12.2. The molecule has 1 aliphatic rings. The Morgan fingerprint density at radius 2 is 2.00 bits per heavy atom. The van der Waals surface area contributed by atoms with Crippen molar-refractivity contribution >= 4 is 0 Å². The van der Waals surface area contributed by atoms with Crippen LogP contribution in [0.15, 0.2) is 0 Å². The van der Waals surface area contributed by atoms with Crippen LogP contribution in [-0.2, 0) is 0 Å². The Balaban J connectivity index is 2.01. The molecule has 1 fully saturated rings. The van der Waals surface area contributed by atoms with E-state index in [4.69, 9.17) is 0 Å². The summed E-state index contributed by atoms with van der Waals surface area (Å²) in [6.45, 7) is 7.15. The van der Waals surface area contributed by atoms with Crippen LogP contribution in [0.1, 0.15) is 65.2 Å². The average Bonchev–Trinajstić information content (AvgIpc) is 2.29. The van der Waals surface area contributed by atoms with Gasteiger partial charge in [-0.3, -0.25) is 0 Å². The van der Waals surface area contributed by atoms with Crippen LogP contribution in [0.4, 0.5) is 0 Å². The lowest BCUT2D eigenvalue weighted by Crippen LogP contribution is -2.47. The van der Waals surface area contributed by atoms with Crippen LogP contribution in [0.5, 0.6) is 0 Å². The Bertz CT molecular complexity index is 182. The van der Waals surface area contributed by atoms with E-state index < -0.39 is 0 Å². The first-order chi connectivity index (χ1) is 8.22. The van der Waals surface area contributed by atoms with Crippen LogP contribution in [0, 0.1) is 0 Å². The molecular weight excluding hydrogens is 208 g/mol. The minimum absolute atomic E-state index is 0.702. The second kappa shape index (κ2) is 8.93. The molecule has 0 saturated carbocycles. The van der Waals surface area contributed by atoms with E-state index in [1.165, 1.54) is 64.5 Å². The highest BCUT2D eigenvalue weighted by molar-refractivity contribution is 4.78. The fourth-order valence-electron chi connectivity index (χ4n) is 2.84. The van der Waals surface area contributed by atoms with Crippen molar-refractivity contribution in [2.75, 3.05) is 20.1 Å². The molecule has 2 atom stereocenters. The molecule has 1 saturated heterocycles. The largest absolute Gasteiger partial charge is 0.310 e. The molecule has 102 valence electrons. The number of piperidine rings is 1. The van der Waals surface area contributed by atoms with Gasteiger partial charge in [-0.05, 0) is 39.8 Å². The van der Waals surface area contributed by atoms with Gasteiger partial charge in [0, 0.05) is 18.6 Å². The van der Waals surface area contributed by atoms with Crippen molar-refractivity contribution < 1.29 is 0 Å². The summed E-state index contributed by atoms with van der Waals surface area (Å²) in [6.07, 6.45) is 11.1. The molecule has 0 aromatic heterocycles. The summed E-state index contributed by atoms with van der Waals surface area (Å²) in [6, 6.07) is 1.44. The van der Waals surface area contributed by atoms with E-state index >= 15 is 0 Å². The number of nitrogens with one attached hydrogen (secondary N) is 1. The summed E-state index contributed by atoms with van der Waals surface area (Å²) >= 11 is 0. The van der Waals surface area contributed by atoms with Crippen LogP contribution < -0.4 is 5.32 Å². The van der Waals surface area contributed by atoms with E-state index in [0.29, 0.717) is 6.04 Å². The van der Waals surface area contributed by atoms with Crippen LogP contribution in [0.2, 0.25) is 0 Å². The molecule has 0 radical (unpaired) electrons. The van der Waals surface area contributed by atoms with Gasteiger partial charge in [0.1, 0.15) is 0 Å². The van der Waals surface area contributed by atoms with Gasteiger partial charge in [-0.2, -0.15) is 0 Å². The molecule has 1 heterocycles. The highest BCUT2D eigenvalue weighted by Gasteiger charge is 2.18. The summed E-state index contributed by atoms with van der Waals surface area (Å²) in [5, 5.41) is 3.80. The average molecular weight is 240 g/mol. The topological polar surface area (TPSA) is 15.3 Å². The van der Waals surface area contributed by atoms with Crippen LogP contribution in [0.25, 0.3) is 0 Å². The molecule has 17 heavy (non-hydrogen) atoms. The third kappa shape index (κ3) is 7.05. The maximum absolute atomic E-state index is 3.80. The SMILES string of the molecule is CCCCCCCC(C)NC1CCCN(C)C1. The normalized spacial score (nSPS) is 23.8. The van der Waals surface area contributed by atoms with Crippen molar-refractivity contribution in [3.8, 4) is 0 Å². The van der Waals surface area contributed by atoms with Gasteiger partial charge >= 0.3 is 0 Å². The molecule has 1 N–H and O–H groups in total. The maximum Gasteiger partial charge on any atom is 0.0197 e. The van der Waals surface area contributed by atoms with Crippen molar-refractivity contribution in [1.29, 1.82) is 0 Å². The molecule has 2 heteroatoms. The molecule has 0 bridgehead atoms. The number of nitrogens with zero attached hydrogens (tertiary/aromatic N) is 1. The van der Waals surface area contributed by atoms with Crippen LogP contribution in [0.3, 0.4) is 0 Å². The summed E-state index contributed by atoms with van der Waals surface area (Å²) in [7, 11) is 2.24. The highest BCUT2D eigenvalue weighted by Crippen LogP contribution is 2.11. The quantitative estimate of drug-likeness (QED) is 0.654. The fourth-order valence-corrected chi connectivity index (χ4v) is 2.84. The lowest BCUT2D eigenvalue weighted by Gasteiger charge is -2.32. The van der Waals surface area contributed by atoms with Crippen molar-refractivity contribution in [2.24, 2.45) is 0 Å². The number of likely N-dealkylation sites (tertiary alicyclic amines) is 1. The summed E-state index contributed by atoms with van der Waals surface area (Å²) in [5.74, 6) is 0. The lowest BCUT2D eigenvalue weighted by atomic mass is 10.0. The predicted molar refractivity (Wildman–Crippen MR) is 76.5 cm³/mol. The van der Waals surface area contributed by atoms with Crippen LogP contribution >= 0.6 is 0 Å². The second-order valence-electron chi connectivity index (χ2n) is 5.87. The summed E-state index contributed by atoms with van der Waals surface area (Å²) in [5.41, 5.74) is 0. The fraction of sp³-hybridized carbons (Fsp3) is 1.00. The van der Waals surface area contributed by atoms with E-state index in [1.54, 1.807) is 0 Å². The number of unbranched alkanes of at least 4 members (excludes halogenated alkanes) is 4. The lowest BCUT2D eigenvalue weighted by molar-refractivity contribution is 0.216. The summed E-state index contributed by atoms with van der Waals surface area (Å²) in [4.78, 5) is 2.45. The first kappa shape index (κ1) is 15.0. The smallest absolute Gasteiger partial charge is 0.0197 e. The maximum atomic E-state index is 3.80. The van der Waals surface area contributed by atoms with Gasteiger partial charge < -0.3 is 10.2 Å². The molecule has 2 nitrogen and oxygen atoms in total. The zero-order valence-electron chi connectivity index (χ0n) is 12.2. The van der Waals surface area contributed by atoms with Crippen LogP contribution in [-0.4, -0.2) is 37.1 Å². The number of likely N-dealkylation sites (N-methyl/N-ethyl adjacent to an activating group) is 1. The Hall–Kier alpha value is -0.0800.